The van der Waals surface area contributed by atoms with Crippen molar-refractivity contribution in [2.75, 3.05) is 0 Å². The second kappa shape index (κ2) is 5.11. The highest BCUT2D eigenvalue weighted by Gasteiger charge is 2.06. The Balaban J connectivity index is 3.23. The van der Waals surface area contributed by atoms with Crippen molar-refractivity contribution in [3.8, 4) is 0 Å². The SMILES string of the molecule is C=C(C)/C(=C/c1cccc(F)c1C)C(C)C. The summed E-state index contributed by atoms with van der Waals surface area (Å²) in [7, 11) is 0. The fourth-order valence-corrected chi connectivity index (χ4v) is 1.73. The van der Waals surface area contributed by atoms with Crippen LogP contribution in [-0.4, -0.2) is 0 Å². The monoisotopic (exact) mass is 218 g/mol. The Labute approximate surface area is 97.5 Å². The van der Waals surface area contributed by atoms with Gasteiger partial charge in [-0.15, -0.1) is 0 Å². The molecule has 0 saturated heterocycles. The predicted octanol–water partition coefficient (Wildman–Crippen LogP) is 4.75. The molecule has 0 saturated carbocycles. The molecule has 1 rings (SSSR count). The lowest BCUT2D eigenvalue weighted by Crippen LogP contribution is -1.96. The number of benzene rings is 1. The van der Waals surface area contributed by atoms with Gasteiger partial charge < -0.3 is 0 Å². The largest absolute Gasteiger partial charge is 0.207 e. The van der Waals surface area contributed by atoms with Crippen LogP contribution in [0.1, 0.15) is 31.9 Å². The smallest absolute Gasteiger partial charge is 0.126 e. The van der Waals surface area contributed by atoms with Crippen LogP contribution < -0.4 is 0 Å². The van der Waals surface area contributed by atoms with Gasteiger partial charge in [0.15, 0.2) is 0 Å². The van der Waals surface area contributed by atoms with Gasteiger partial charge in [-0.2, -0.15) is 0 Å². The van der Waals surface area contributed by atoms with Crippen molar-refractivity contribution in [2.24, 2.45) is 5.92 Å². The van der Waals surface area contributed by atoms with Crippen molar-refractivity contribution in [1.82, 2.24) is 0 Å². The summed E-state index contributed by atoms with van der Waals surface area (Å²) in [5.41, 5.74) is 3.85. The highest BCUT2D eigenvalue weighted by molar-refractivity contribution is 5.61. The Kier molecular flexibility index (Phi) is 4.05. The molecule has 0 aliphatic rings. The van der Waals surface area contributed by atoms with Crippen LogP contribution in [-0.2, 0) is 0 Å². The van der Waals surface area contributed by atoms with Crippen LogP contribution in [0.3, 0.4) is 0 Å². The first-order valence-corrected chi connectivity index (χ1v) is 5.56. The van der Waals surface area contributed by atoms with Gasteiger partial charge in [0, 0.05) is 0 Å². The Hall–Kier alpha value is -1.37. The molecule has 0 fully saturated rings. The summed E-state index contributed by atoms with van der Waals surface area (Å²) in [5.74, 6) is 0.249. The van der Waals surface area contributed by atoms with Crippen LogP contribution in [0.5, 0.6) is 0 Å². The second-order valence-corrected chi connectivity index (χ2v) is 4.49. The van der Waals surface area contributed by atoms with E-state index in [0.29, 0.717) is 11.5 Å². The van der Waals surface area contributed by atoms with E-state index in [1.807, 2.05) is 19.1 Å². The summed E-state index contributed by atoms with van der Waals surface area (Å²) in [5, 5.41) is 0. The molecule has 0 radical (unpaired) electrons. The van der Waals surface area contributed by atoms with Crippen molar-refractivity contribution in [3.63, 3.8) is 0 Å². The van der Waals surface area contributed by atoms with Gasteiger partial charge in [-0.1, -0.05) is 44.2 Å². The first-order valence-electron chi connectivity index (χ1n) is 5.56. The van der Waals surface area contributed by atoms with Crippen molar-refractivity contribution in [3.05, 3.63) is 52.9 Å². The van der Waals surface area contributed by atoms with E-state index in [4.69, 9.17) is 0 Å². The summed E-state index contributed by atoms with van der Waals surface area (Å²) in [4.78, 5) is 0. The van der Waals surface area contributed by atoms with Gasteiger partial charge in [0.2, 0.25) is 0 Å². The molecule has 0 spiro atoms. The molecule has 0 heterocycles. The fourth-order valence-electron chi connectivity index (χ4n) is 1.73. The summed E-state index contributed by atoms with van der Waals surface area (Å²) >= 11 is 0. The minimum absolute atomic E-state index is 0.154. The third kappa shape index (κ3) is 2.82. The maximum Gasteiger partial charge on any atom is 0.126 e. The Morgan fingerprint density at radius 3 is 2.50 bits per heavy atom. The van der Waals surface area contributed by atoms with Crippen molar-refractivity contribution in [2.45, 2.75) is 27.7 Å². The van der Waals surface area contributed by atoms with Crippen LogP contribution in [0.15, 0.2) is 35.9 Å². The summed E-state index contributed by atoms with van der Waals surface area (Å²) in [6.07, 6.45) is 2.03. The van der Waals surface area contributed by atoms with Gasteiger partial charge >= 0.3 is 0 Å². The normalized spacial score (nSPS) is 12.0. The molecule has 1 aromatic rings. The summed E-state index contributed by atoms with van der Waals surface area (Å²) in [6.45, 7) is 12.0. The number of hydrogen-bond acceptors (Lipinski definition) is 0. The molecular weight excluding hydrogens is 199 g/mol. The highest BCUT2D eigenvalue weighted by Crippen LogP contribution is 2.23. The number of hydrogen-bond donors (Lipinski definition) is 0. The second-order valence-electron chi connectivity index (χ2n) is 4.49. The minimum Gasteiger partial charge on any atom is -0.207 e. The Morgan fingerprint density at radius 2 is 2.00 bits per heavy atom. The Bertz CT molecular complexity index is 425. The minimum atomic E-state index is -0.154. The molecule has 1 aromatic carbocycles. The quantitative estimate of drug-likeness (QED) is 0.642. The van der Waals surface area contributed by atoms with Crippen molar-refractivity contribution in [1.29, 1.82) is 0 Å². The van der Waals surface area contributed by atoms with Crippen molar-refractivity contribution < 1.29 is 4.39 Å². The van der Waals surface area contributed by atoms with Crippen LogP contribution in [0.4, 0.5) is 4.39 Å². The summed E-state index contributed by atoms with van der Waals surface area (Å²) < 4.78 is 13.4. The lowest BCUT2D eigenvalue weighted by atomic mass is 9.94. The molecule has 0 aromatic heterocycles. The van der Waals surface area contributed by atoms with Gasteiger partial charge in [0.25, 0.3) is 0 Å². The van der Waals surface area contributed by atoms with E-state index >= 15 is 0 Å². The van der Waals surface area contributed by atoms with Crippen molar-refractivity contribution >= 4 is 6.08 Å². The number of rotatable bonds is 3. The van der Waals surface area contributed by atoms with E-state index < -0.39 is 0 Å². The molecule has 16 heavy (non-hydrogen) atoms. The topological polar surface area (TPSA) is 0 Å². The van der Waals surface area contributed by atoms with Crippen LogP contribution >= 0.6 is 0 Å². The molecule has 0 amide bonds. The van der Waals surface area contributed by atoms with Crippen LogP contribution in [0, 0.1) is 18.7 Å². The summed E-state index contributed by atoms with van der Waals surface area (Å²) in [6, 6.07) is 5.16. The third-order valence-corrected chi connectivity index (χ3v) is 2.74. The fraction of sp³-hybridized carbons (Fsp3) is 0.333. The van der Waals surface area contributed by atoms with Crippen LogP contribution in [0.2, 0.25) is 0 Å². The Morgan fingerprint density at radius 1 is 1.38 bits per heavy atom. The lowest BCUT2D eigenvalue weighted by molar-refractivity contribution is 0.618. The van der Waals surface area contributed by atoms with Gasteiger partial charge in [-0.25, -0.2) is 4.39 Å². The number of allylic oxidation sites excluding steroid dienone is 2. The lowest BCUT2D eigenvalue weighted by Gasteiger charge is -2.12. The first kappa shape index (κ1) is 12.7. The maximum absolute atomic E-state index is 13.4. The van der Waals surface area contributed by atoms with E-state index in [2.05, 4.69) is 20.4 Å². The van der Waals surface area contributed by atoms with Gasteiger partial charge in [-0.05, 0) is 42.5 Å². The third-order valence-electron chi connectivity index (χ3n) is 2.74. The average Bonchev–Trinajstić information content (AvgIpc) is 2.19. The molecule has 1 heteroatoms. The number of halogens is 1. The van der Waals surface area contributed by atoms with Crippen LogP contribution in [0.25, 0.3) is 6.08 Å². The average molecular weight is 218 g/mol. The molecule has 0 unspecified atom stereocenters. The van der Waals surface area contributed by atoms with E-state index in [-0.39, 0.29) is 5.82 Å². The maximum atomic E-state index is 13.4. The molecule has 0 bridgehead atoms. The molecule has 0 aliphatic heterocycles. The van der Waals surface area contributed by atoms with E-state index in [1.54, 1.807) is 13.0 Å². The van der Waals surface area contributed by atoms with E-state index in [0.717, 1.165) is 11.1 Å². The van der Waals surface area contributed by atoms with E-state index in [9.17, 15) is 4.39 Å². The standard InChI is InChI=1S/C15H19F/c1-10(2)14(11(3)4)9-13-7-6-8-15(16)12(13)5/h6-9,11H,1H2,2-5H3/b14-9-. The zero-order chi connectivity index (χ0) is 12.3. The zero-order valence-corrected chi connectivity index (χ0v) is 10.5. The zero-order valence-electron chi connectivity index (χ0n) is 10.5. The van der Waals surface area contributed by atoms with Gasteiger partial charge in [0.05, 0.1) is 0 Å². The predicted molar refractivity (Wildman–Crippen MR) is 68.8 cm³/mol. The molecular formula is C15H19F. The molecule has 0 aliphatic carbocycles. The first-order chi connectivity index (χ1) is 7.43. The molecule has 0 nitrogen and oxygen atoms in total. The van der Waals surface area contributed by atoms with E-state index in [1.165, 1.54) is 11.6 Å². The molecule has 0 N–H and O–H groups in total. The van der Waals surface area contributed by atoms with Gasteiger partial charge in [0.1, 0.15) is 5.82 Å². The molecule has 0 atom stereocenters. The highest BCUT2D eigenvalue weighted by atomic mass is 19.1. The molecule has 86 valence electrons. The van der Waals surface area contributed by atoms with Gasteiger partial charge in [-0.3, -0.25) is 0 Å².